The van der Waals surface area contributed by atoms with Crippen LogP contribution in [0.2, 0.25) is 0 Å². The van der Waals surface area contributed by atoms with Crippen molar-refractivity contribution in [2.45, 2.75) is 0 Å². The van der Waals surface area contributed by atoms with Crippen LogP contribution in [0.5, 0.6) is 0 Å². The molecular weight excluding hydrogens is 146 g/mol. The maximum Gasteiger partial charge on any atom is 0.0700 e. The molecule has 0 fully saturated rings. The van der Waals surface area contributed by atoms with E-state index in [1.807, 2.05) is 0 Å². The largest absolute Gasteiger partial charge is 0.379 e. The van der Waals surface area contributed by atoms with Gasteiger partial charge in [0.25, 0.3) is 0 Å². The van der Waals surface area contributed by atoms with Crippen molar-refractivity contribution < 1.29 is 9.47 Å². The van der Waals surface area contributed by atoms with E-state index in [9.17, 15) is 0 Å². The van der Waals surface area contributed by atoms with Crippen LogP contribution in [0.3, 0.4) is 0 Å². The van der Waals surface area contributed by atoms with E-state index in [0.717, 1.165) is 0 Å². The Balaban J connectivity index is 2.84. The fourth-order valence-electron chi connectivity index (χ4n) is 0.472. The van der Waals surface area contributed by atoms with E-state index in [1.165, 1.54) is 0 Å². The van der Waals surface area contributed by atoms with E-state index < -0.39 is 0 Å². The molecule has 0 aliphatic rings. The van der Waals surface area contributed by atoms with Crippen LogP contribution in [-0.4, -0.2) is 33.0 Å². The lowest BCUT2D eigenvalue weighted by Gasteiger charge is -2.00. The van der Waals surface area contributed by atoms with E-state index in [4.69, 9.17) is 15.0 Å². The molecule has 0 rings (SSSR count). The molecule has 0 N–H and O–H groups in total. The summed E-state index contributed by atoms with van der Waals surface area (Å²) in [6, 6.07) is 0. The molecule has 0 aromatic heterocycles. The quantitative estimate of drug-likeness (QED) is 0.241. The zero-order valence-electron chi connectivity index (χ0n) is 6.40. The lowest BCUT2D eigenvalue weighted by Crippen LogP contribution is -2.06. The molecule has 0 heterocycles. The fraction of sp³-hybridized carbons (Fsp3) is 0.833. The highest BCUT2D eigenvalue weighted by Crippen LogP contribution is 1.79. The zero-order valence-corrected chi connectivity index (χ0v) is 6.40. The minimum absolute atomic E-state index is 0.376. The van der Waals surface area contributed by atoms with Crippen molar-refractivity contribution in [2.75, 3.05) is 33.0 Å². The second kappa shape index (κ2) is 9.23. The summed E-state index contributed by atoms with van der Waals surface area (Å²) in [7, 11) is 0. The summed E-state index contributed by atoms with van der Waals surface area (Å²) in [5.74, 6) is 0. The van der Waals surface area contributed by atoms with Crippen LogP contribution in [-0.2, 0) is 9.47 Å². The Labute approximate surface area is 65.9 Å². The van der Waals surface area contributed by atoms with Crippen LogP contribution in [0, 0.1) is 6.92 Å². The van der Waals surface area contributed by atoms with Gasteiger partial charge in [0.2, 0.25) is 0 Å². The van der Waals surface area contributed by atoms with Crippen molar-refractivity contribution in [1.82, 2.24) is 0 Å². The highest BCUT2D eigenvalue weighted by Gasteiger charge is 1.85. The third-order valence-corrected chi connectivity index (χ3v) is 0.915. The van der Waals surface area contributed by atoms with E-state index in [1.54, 1.807) is 0 Å². The Morgan fingerprint density at radius 1 is 1.27 bits per heavy atom. The number of hydrogen-bond donors (Lipinski definition) is 0. The predicted molar refractivity (Wildman–Crippen MR) is 41.0 cm³/mol. The van der Waals surface area contributed by atoms with Crippen molar-refractivity contribution >= 4 is 0 Å². The maximum absolute atomic E-state index is 7.88. The molecule has 0 aliphatic carbocycles. The third-order valence-electron chi connectivity index (χ3n) is 0.915. The van der Waals surface area contributed by atoms with E-state index >= 15 is 0 Å². The molecule has 0 atom stereocenters. The topological polar surface area (TPSA) is 67.2 Å². The van der Waals surface area contributed by atoms with Gasteiger partial charge in [-0.1, -0.05) is 5.11 Å². The smallest absolute Gasteiger partial charge is 0.0700 e. The summed E-state index contributed by atoms with van der Waals surface area (Å²) < 4.78 is 9.92. The molecule has 0 unspecified atom stereocenters. The predicted octanol–water partition coefficient (Wildman–Crippen LogP) is 1.16. The lowest BCUT2D eigenvalue weighted by molar-refractivity contribution is 0.0613. The van der Waals surface area contributed by atoms with Gasteiger partial charge in [-0.15, -0.1) is 0 Å². The zero-order chi connectivity index (χ0) is 8.36. The van der Waals surface area contributed by atoms with Crippen LogP contribution in [0.15, 0.2) is 5.11 Å². The first kappa shape index (κ1) is 10.2. The molecule has 1 radical (unpaired) electrons. The van der Waals surface area contributed by atoms with E-state index in [2.05, 4.69) is 16.9 Å². The SMILES string of the molecule is [CH2]COCCOCCN=[N+]=[N-]. The normalized spacial score (nSPS) is 9.18. The van der Waals surface area contributed by atoms with Gasteiger partial charge in [0, 0.05) is 18.1 Å². The molecule has 0 bridgehead atoms. The van der Waals surface area contributed by atoms with Gasteiger partial charge >= 0.3 is 0 Å². The number of nitrogens with zero attached hydrogens (tertiary/aromatic N) is 3. The van der Waals surface area contributed by atoms with Gasteiger partial charge < -0.3 is 9.47 Å². The molecule has 0 saturated carbocycles. The van der Waals surface area contributed by atoms with Crippen molar-refractivity contribution in [3.63, 3.8) is 0 Å². The van der Waals surface area contributed by atoms with Crippen molar-refractivity contribution in [3.05, 3.63) is 17.4 Å². The Bertz CT molecular complexity index is 123. The summed E-state index contributed by atoms with van der Waals surface area (Å²) in [6.45, 7) is 5.84. The van der Waals surface area contributed by atoms with Gasteiger partial charge in [0.15, 0.2) is 0 Å². The van der Waals surface area contributed by atoms with Crippen molar-refractivity contribution in [2.24, 2.45) is 5.11 Å². The van der Waals surface area contributed by atoms with Crippen LogP contribution < -0.4 is 0 Å². The molecule has 0 spiro atoms. The summed E-state index contributed by atoms with van der Waals surface area (Å²) >= 11 is 0. The average Bonchev–Trinajstić information content (AvgIpc) is 2.03. The maximum atomic E-state index is 7.88. The second-order valence-corrected chi connectivity index (χ2v) is 1.68. The van der Waals surface area contributed by atoms with Crippen molar-refractivity contribution in [3.8, 4) is 0 Å². The fourth-order valence-corrected chi connectivity index (χ4v) is 0.472. The molecule has 0 saturated heterocycles. The molecule has 63 valence electrons. The molecule has 0 aromatic rings. The lowest BCUT2D eigenvalue weighted by atomic mass is 10.7. The summed E-state index contributed by atoms with van der Waals surface area (Å²) in [4.78, 5) is 2.57. The Morgan fingerprint density at radius 3 is 2.64 bits per heavy atom. The first-order chi connectivity index (χ1) is 5.41. The highest BCUT2D eigenvalue weighted by molar-refractivity contribution is 4.43. The molecule has 0 aliphatic heterocycles. The number of ether oxygens (including phenoxy) is 2. The van der Waals surface area contributed by atoms with Crippen LogP contribution in [0.25, 0.3) is 10.4 Å². The van der Waals surface area contributed by atoms with E-state index in [0.29, 0.717) is 33.0 Å². The summed E-state index contributed by atoms with van der Waals surface area (Å²) in [6.07, 6.45) is 0. The Morgan fingerprint density at radius 2 is 2.00 bits per heavy atom. The van der Waals surface area contributed by atoms with Gasteiger partial charge in [0.1, 0.15) is 0 Å². The minimum atomic E-state index is 0.376. The molecule has 0 aromatic carbocycles. The number of azide groups is 1. The second-order valence-electron chi connectivity index (χ2n) is 1.68. The first-order valence-electron chi connectivity index (χ1n) is 3.37. The van der Waals surface area contributed by atoms with Crippen molar-refractivity contribution in [1.29, 1.82) is 0 Å². The standard InChI is InChI=1S/C6H12N3O2/c1-2-10-5-6-11-4-3-8-9-7/h1-6H2. The molecule has 5 nitrogen and oxygen atoms in total. The van der Waals surface area contributed by atoms with Crippen LogP contribution in [0.4, 0.5) is 0 Å². The molecular formula is C6H12N3O2. The minimum Gasteiger partial charge on any atom is -0.379 e. The molecule has 5 heteroatoms. The monoisotopic (exact) mass is 158 g/mol. The van der Waals surface area contributed by atoms with Crippen LogP contribution in [0.1, 0.15) is 0 Å². The van der Waals surface area contributed by atoms with Gasteiger partial charge in [0.05, 0.1) is 19.8 Å². The number of rotatable bonds is 7. The van der Waals surface area contributed by atoms with Crippen LogP contribution >= 0.6 is 0 Å². The van der Waals surface area contributed by atoms with Gasteiger partial charge in [-0.3, -0.25) is 0 Å². The summed E-state index contributed by atoms with van der Waals surface area (Å²) in [5.41, 5.74) is 7.88. The summed E-state index contributed by atoms with van der Waals surface area (Å²) in [5, 5.41) is 3.29. The Kier molecular flexibility index (Phi) is 8.58. The van der Waals surface area contributed by atoms with Gasteiger partial charge in [-0.25, -0.2) is 0 Å². The molecule has 11 heavy (non-hydrogen) atoms. The Hall–Kier alpha value is -0.770. The molecule has 0 amide bonds. The average molecular weight is 158 g/mol. The van der Waals surface area contributed by atoms with Gasteiger partial charge in [-0.2, -0.15) is 0 Å². The van der Waals surface area contributed by atoms with E-state index in [-0.39, 0.29) is 0 Å². The first-order valence-corrected chi connectivity index (χ1v) is 3.37. The third kappa shape index (κ3) is 9.23. The highest BCUT2D eigenvalue weighted by atomic mass is 16.5. The number of hydrogen-bond acceptors (Lipinski definition) is 3. The van der Waals surface area contributed by atoms with Gasteiger partial charge in [-0.05, 0) is 12.5 Å².